The number of amides is 2. The highest BCUT2D eigenvalue weighted by Gasteiger charge is 2.53. The topological polar surface area (TPSA) is 138 Å². The fourth-order valence-electron chi connectivity index (χ4n) is 5.80. The lowest BCUT2D eigenvalue weighted by molar-refractivity contribution is -0.133. The zero-order chi connectivity index (χ0) is 30.5. The molecule has 0 bridgehead atoms. The number of hydrogen-bond donors (Lipinski definition) is 2. The zero-order valence-electron chi connectivity index (χ0n) is 23.3. The molecule has 3 aromatic rings. The van der Waals surface area contributed by atoms with Gasteiger partial charge in [-0.1, -0.05) is 24.3 Å². The van der Waals surface area contributed by atoms with E-state index < -0.39 is 56.7 Å². The maximum Gasteiger partial charge on any atom is 0.287 e. The molecule has 0 unspecified atom stereocenters. The molecule has 2 aromatic carbocycles. The number of hydrogen-bond acceptors (Lipinski definition) is 7. The van der Waals surface area contributed by atoms with Crippen molar-refractivity contribution in [2.45, 2.75) is 78.5 Å². The number of carbonyl (C=O) groups excluding carboxylic acids is 2. The number of furan rings is 1. The summed E-state index contributed by atoms with van der Waals surface area (Å²) in [5.74, 6) is -4.39. The van der Waals surface area contributed by atoms with Crippen molar-refractivity contribution in [2.24, 2.45) is 0 Å². The lowest BCUT2D eigenvalue weighted by Gasteiger charge is -2.39. The molecule has 0 atom stereocenters. The Morgan fingerprint density at radius 2 is 1.53 bits per heavy atom. The van der Waals surface area contributed by atoms with E-state index in [1.54, 1.807) is 36.4 Å². The van der Waals surface area contributed by atoms with Gasteiger partial charge in [0.25, 0.3) is 5.91 Å². The highest BCUT2D eigenvalue weighted by atomic mass is 32.2. The predicted molar refractivity (Wildman–Crippen MR) is 152 cm³/mol. The summed E-state index contributed by atoms with van der Waals surface area (Å²) in [6, 6.07) is 15.5. The maximum absolute atomic E-state index is 14.0. The lowest BCUT2D eigenvalue weighted by Crippen LogP contribution is -2.62. The highest BCUT2D eigenvalue weighted by Crippen LogP contribution is 2.41. The van der Waals surface area contributed by atoms with E-state index in [-0.39, 0.29) is 23.5 Å². The van der Waals surface area contributed by atoms with Crippen molar-refractivity contribution in [3.05, 3.63) is 54.3 Å². The third kappa shape index (κ3) is 5.76. The summed E-state index contributed by atoms with van der Waals surface area (Å²) in [6.07, 6.45) is 0.180. The summed E-state index contributed by atoms with van der Waals surface area (Å²) >= 11 is 0. The van der Waals surface area contributed by atoms with Gasteiger partial charge in [-0.15, -0.1) is 0 Å². The van der Waals surface area contributed by atoms with Crippen LogP contribution < -0.4 is 10.6 Å². The molecule has 0 spiro atoms. The Bertz CT molecular complexity index is 1710. The Kier molecular flexibility index (Phi) is 7.29. The smallest absolute Gasteiger partial charge is 0.287 e. The van der Waals surface area contributed by atoms with Crippen molar-refractivity contribution in [3.8, 4) is 17.2 Å². The molecule has 1 saturated heterocycles. The van der Waals surface area contributed by atoms with Crippen LogP contribution in [0.1, 0.15) is 61.9 Å². The van der Waals surface area contributed by atoms with Crippen LogP contribution >= 0.6 is 0 Å². The van der Waals surface area contributed by atoms with Crippen molar-refractivity contribution in [3.63, 3.8) is 0 Å². The third-order valence-electron chi connectivity index (χ3n) is 8.81. The summed E-state index contributed by atoms with van der Waals surface area (Å²) in [5, 5.41) is 14.9. The van der Waals surface area contributed by atoms with Crippen molar-refractivity contribution in [1.29, 1.82) is 5.26 Å². The van der Waals surface area contributed by atoms with Gasteiger partial charge in [-0.3, -0.25) is 9.59 Å². The first-order chi connectivity index (χ1) is 20.4. The average molecular weight is 612 g/mol. The van der Waals surface area contributed by atoms with Gasteiger partial charge in [-0.05, 0) is 73.9 Å². The van der Waals surface area contributed by atoms with Crippen molar-refractivity contribution in [1.82, 2.24) is 10.6 Å². The van der Waals surface area contributed by atoms with Crippen LogP contribution in [0.3, 0.4) is 0 Å². The summed E-state index contributed by atoms with van der Waals surface area (Å²) in [4.78, 5) is 26.8. The van der Waals surface area contributed by atoms with Gasteiger partial charge in [-0.2, -0.15) is 5.26 Å². The first kappa shape index (κ1) is 29.3. The summed E-state index contributed by atoms with van der Waals surface area (Å²) in [6.45, 7) is 0.855. The SMILES string of the molecule is N#CC1(NC(=O)C2(NC(=O)c3cc4ccc(-c5ccc(S(=O)(=O)C6CCOCC6)cc5)cc4o3)CCC(F)(F)CC2)CC1. The molecule has 2 saturated carbocycles. The Balaban J connectivity index is 1.21. The number of benzene rings is 2. The second kappa shape index (κ2) is 10.7. The number of nitrogens with zero attached hydrogens (tertiary/aromatic N) is 1. The second-order valence-electron chi connectivity index (χ2n) is 11.8. The van der Waals surface area contributed by atoms with Crippen LogP contribution in [0, 0.1) is 11.3 Å². The Morgan fingerprint density at radius 1 is 0.884 bits per heavy atom. The number of nitriles is 1. The van der Waals surface area contributed by atoms with Crippen LogP contribution in [0.25, 0.3) is 22.1 Å². The van der Waals surface area contributed by atoms with Crippen LogP contribution in [0.2, 0.25) is 0 Å². The Morgan fingerprint density at radius 3 is 2.16 bits per heavy atom. The van der Waals surface area contributed by atoms with Crippen LogP contribution in [0.5, 0.6) is 0 Å². The molecule has 9 nitrogen and oxygen atoms in total. The molecule has 226 valence electrons. The van der Waals surface area contributed by atoms with Crippen LogP contribution in [-0.4, -0.2) is 55.7 Å². The average Bonchev–Trinajstić information content (AvgIpc) is 3.65. The molecule has 43 heavy (non-hydrogen) atoms. The van der Waals surface area contributed by atoms with Gasteiger partial charge in [0.1, 0.15) is 16.7 Å². The highest BCUT2D eigenvalue weighted by molar-refractivity contribution is 7.92. The standard InChI is InChI=1S/C31H31F2N3O6S/c32-31(33)13-11-30(12-14-31,28(38)36-29(19-34)9-10-29)35-27(37)26-18-22-2-1-21(17-25(22)42-26)20-3-5-23(6-4-20)43(39,40)24-7-15-41-16-8-24/h1-6,17-18,24H,7-16H2,(H,35,37)(H,36,38). The van der Waals surface area contributed by atoms with Gasteiger partial charge < -0.3 is 19.8 Å². The number of fused-ring (bicyclic) bond motifs is 1. The number of nitrogens with one attached hydrogen (secondary N) is 2. The van der Waals surface area contributed by atoms with Crippen LogP contribution in [-0.2, 0) is 19.4 Å². The molecule has 3 fully saturated rings. The molecule has 1 aliphatic heterocycles. The van der Waals surface area contributed by atoms with E-state index in [1.165, 1.54) is 6.07 Å². The number of sulfone groups is 1. The van der Waals surface area contributed by atoms with E-state index in [0.29, 0.717) is 49.9 Å². The summed E-state index contributed by atoms with van der Waals surface area (Å²) in [5.41, 5.74) is -0.739. The fraction of sp³-hybridized carbons (Fsp3) is 0.452. The molecule has 2 aliphatic carbocycles. The van der Waals surface area contributed by atoms with Crippen LogP contribution in [0.4, 0.5) is 8.78 Å². The number of ether oxygens (including phenoxy) is 1. The van der Waals surface area contributed by atoms with Gasteiger partial charge in [0, 0.05) is 31.4 Å². The van der Waals surface area contributed by atoms with E-state index in [9.17, 15) is 32.0 Å². The number of halogens is 2. The van der Waals surface area contributed by atoms with Gasteiger partial charge in [0.15, 0.2) is 15.6 Å². The fourth-order valence-corrected chi connectivity index (χ4v) is 7.51. The normalized spacial score (nSPS) is 21.0. The van der Waals surface area contributed by atoms with E-state index >= 15 is 0 Å². The molecule has 1 aromatic heterocycles. The van der Waals surface area contributed by atoms with E-state index in [0.717, 1.165) is 11.1 Å². The van der Waals surface area contributed by atoms with Crippen LogP contribution in [0.15, 0.2) is 57.8 Å². The molecule has 2 heterocycles. The van der Waals surface area contributed by atoms with Gasteiger partial charge in [0.05, 0.1) is 16.2 Å². The molecule has 6 rings (SSSR count). The monoisotopic (exact) mass is 611 g/mol. The molecular weight excluding hydrogens is 580 g/mol. The first-order valence-corrected chi connectivity index (χ1v) is 15.9. The van der Waals surface area contributed by atoms with E-state index in [4.69, 9.17) is 9.15 Å². The molecule has 12 heteroatoms. The second-order valence-corrected chi connectivity index (χ2v) is 14.0. The maximum atomic E-state index is 14.0. The molecular formula is C31H31F2N3O6S. The van der Waals surface area contributed by atoms with Gasteiger partial charge in [0.2, 0.25) is 11.8 Å². The molecule has 2 N–H and O–H groups in total. The van der Waals surface area contributed by atoms with E-state index in [2.05, 4.69) is 16.7 Å². The summed E-state index contributed by atoms with van der Waals surface area (Å²) < 4.78 is 65.2. The molecule has 2 amide bonds. The minimum Gasteiger partial charge on any atom is -0.451 e. The number of carbonyl (C=O) groups is 2. The van der Waals surface area contributed by atoms with Crippen molar-refractivity contribution >= 4 is 32.6 Å². The Hall–Kier alpha value is -3.82. The number of rotatable bonds is 7. The Labute approximate surface area is 247 Å². The zero-order valence-corrected chi connectivity index (χ0v) is 24.1. The molecule has 0 radical (unpaired) electrons. The quantitative estimate of drug-likeness (QED) is 0.387. The lowest BCUT2D eigenvalue weighted by atomic mass is 9.78. The van der Waals surface area contributed by atoms with Gasteiger partial charge in [-0.25, -0.2) is 17.2 Å². The predicted octanol–water partition coefficient (Wildman–Crippen LogP) is 4.90. The third-order valence-corrected chi connectivity index (χ3v) is 11.1. The largest absolute Gasteiger partial charge is 0.451 e. The minimum absolute atomic E-state index is 0.0871. The van der Waals surface area contributed by atoms with Crippen molar-refractivity contribution in [2.75, 3.05) is 13.2 Å². The number of alkyl halides is 2. The molecule has 3 aliphatic rings. The first-order valence-electron chi connectivity index (χ1n) is 14.3. The van der Waals surface area contributed by atoms with Crippen molar-refractivity contribution < 1.29 is 35.9 Å². The van der Waals surface area contributed by atoms with Gasteiger partial charge >= 0.3 is 0 Å². The van der Waals surface area contributed by atoms with E-state index in [1.807, 2.05) is 6.07 Å². The summed E-state index contributed by atoms with van der Waals surface area (Å²) in [7, 11) is -3.47. The minimum atomic E-state index is -3.47.